The van der Waals surface area contributed by atoms with E-state index in [1.807, 2.05) is 0 Å². The Morgan fingerprint density at radius 1 is 1.43 bits per heavy atom. The van der Waals surface area contributed by atoms with E-state index < -0.39 is 34.0 Å². The molecule has 21 heavy (non-hydrogen) atoms. The Kier molecular flexibility index (Phi) is 3.69. The summed E-state index contributed by atoms with van der Waals surface area (Å²) < 4.78 is 40.5. The number of imidazole rings is 1. The predicted octanol–water partition coefficient (Wildman–Crippen LogP) is 2.43. The second-order valence-electron chi connectivity index (χ2n) is 4.36. The van der Waals surface area contributed by atoms with Crippen LogP contribution in [0.15, 0.2) is 30.7 Å². The molecule has 1 aromatic carbocycles. The van der Waals surface area contributed by atoms with Gasteiger partial charge in [-0.3, -0.25) is 10.1 Å². The van der Waals surface area contributed by atoms with Crippen LogP contribution in [0, 0.1) is 10.1 Å². The fourth-order valence-electron chi connectivity index (χ4n) is 1.93. The van der Waals surface area contributed by atoms with E-state index in [1.54, 1.807) is 0 Å². The second kappa shape index (κ2) is 5.17. The standard InChI is InChI=1S/C12H10F3N3O3/c1-17-6-16-5-10(17)11(19)8-3-2-7(18(20)21)4-9(8)12(13,14)15/h2-6,11,19H,1H3. The van der Waals surface area contributed by atoms with E-state index in [0.29, 0.717) is 6.07 Å². The molecule has 1 unspecified atom stereocenters. The minimum Gasteiger partial charge on any atom is -0.382 e. The first-order valence-corrected chi connectivity index (χ1v) is 5.71. The maximum Gasteiger partial charge on any atom is 0.417 e. The third-order valence-corrected chi connectivity index (χ3v) is 2.98. The SMILES string of the molecule is Cn1cncc1C(O)c1ccc([N+](=O)[O-])cc1C(F)(F)F. The number of nitro groups is 1. The Balaban J connectivity index is 2.58. The first-order chi connectivity index (χ1) is 9.71. The predicted molar refractivity (Wildman–Crippen MR) is 65.4 cm³/mol. The summed E-state index contributed by atoms with van der Waals surface area (Å²) in [5, 5.41) is 20.7. The number of aromatic nitrogens is 2. The molecule has 2 aromatic rings. The molecule has 0 amide bonds. The monoisotopic (exact) mass is 301 g/mol. The van der Waals surface area contributed by atoms with Crippen LogP contribution < -0.4 is 0 Å². The summed E-state index contributed by atoms with van der Waals surface area (Å²) in [5.74, 6) is 0. The van der Waals surface area contributed by atoms with E-state index in [2.05, 4.69) is 4.98 Å². The van der Waals surface area contributed by atoms with Crippen molar-refractivity contribution in [3.8, 4) is 0 Å². The molecule has 0 saturated carbocycles. The molecule has 0 saturated heterocycles. The first kappa shape index (κ1) is 15.0. The lowest BCUT2D eigenvalue weighted by molar-refractivity contribution is -0.385. The van der Waals surface area contributed by atoms with Crippen LogP contribution in [0.25, 0.3) is 0 Å². The molecule has 0 fully saturated rings. The Morgan fingerprint density at radius 2 is 2.10 bits per heavy atom. The lowest BCUT2D eigenvalue weighted by Crippen LogP contribution is -2.14. The summed E-state index contributed by atoms with van der Waals surface area (Å²) in [7, 11) is 1.52. The van der Waals surface area contributed by atoms with E-state index in [9.17, 15) is 28.4 Å². The molecule has 0 aliphatic carbocycles. The van der Waals surface area contributed by atoms with E-state index in [4.69, 9.17) is 0 Å². The van der Waals surface area contributed by atoms with Gasteiger partial charge in [0.25, 0.3) is 5.69 Å². The topological polar surface area (TPSA) is 81.2 Å². The Bertz CT molecular complexity index is 682. The normalized spacial score (nSPS) is 13.2. The van der Waals surface area contributed by atoms with Crippen LogP contribution in [0.2, 0.25) is 0 Å². The zero-order valence-electron chi connectivity index (χ0n) is 10.7. The van der Waals surface area contributed by atoms with Crippen LogP contribution in [0.3, 0.4) is 0 Å². The average Bonchev–Trinajstić information content (AvgIpc) is 2.82. The molecule has 6 nitrogen and oxygen atoms in total. The molecular formula is C12H10F3N3O3. The first-order valence-electron chi connectivity index (χ1n) is 5.71. The van der Waals surface area contributed by atoms with Gasteiger partial charge in [0.15, 0.2) is 0 Å². The van der Waals surface area contributed by atoms with Crippen molar-refractivity contribution in [2.24, 2.45) is 7.05 Å². The highest BCUT2D eigenvalue weighted by atomic mass is 19.4. The summed E-state index contributed by atoms with van der Waals surface area (Å²) in [6, 6.07) is 2.23. The Labute approximate surface area is 116 Å². The average molecular weight is 301 g/mol. The smallest absolute Gasteiger partial charge is 0.382 e. The number of hydrogen-bond acceptors (Lipinski definition) is 4. The highest BCUT2D eigenvalue weighted by Gasteiger charge is 2.37. The number of non-ortho nitro benzene ring substituents is 1. The lowest BCUT2D eigenvalue weighted by atomic mass is 9.99. The zero-order chi connectivity index (χ0) is 15.8. The maximum absolute atomic E-state index is 13.0. The summed E-state index contributed by atoms with van der Waals surface area (Å²) in [6.07, 6.45) is -3.85. The molecule has 9 heteroatoms. The summed E-state index contributed by atoms with van der Waals surface area (Å²) in [6.45, 7) is 0. The number of halogens is 3. The van der Waals surface area contributed by atoms with Crippen LogP contribution in [0.5, 0.6) is 0 Å². The summed E-state index contributed by atoms with van der Waals surface area (Å²) in [5.41, 5.74) is -2.25. The maximum atomic E-state index is 13.0. The minimum atomic E-state index is -4.82. The van der Waals surface area contributed by atoms with Gasteiger partial charge in [-0.1, -0.05) is 0 Å². The minimum absolute atomic E-state index is 0.148. The van der Waals surface area contributed by atoms with E-state index in [0.717, 1.165) is 12.1 Å². The van der Waals surface area contributed by atoms with Crippen LogP contribution in [-0.2, 0) is 13.2 Å². The third kappa shape index (κ3) is 2.87. The Morgan fingerprint density at radius 3 is 2.57 bits per heavy atom. The van der Waals surface area contributed by atoms with Crippen molar-refractivity contribution in [1.29, 1.82) is 0 Å². The van der Waals surface area contributed by atoms with Gasteiger partial charge in [0.1, 0.15) is 6.10 Å². The van der Waals surface area contributed by atoms with Crippen molar-refractivity contribution in [3.05, 3.63) is 57.7 Å². The van der Waals surface area contributed by atoms with Crippen LogP contribution >= 0.6 is 0 Å². The number of nitrogens with zero attached hydrogens (tertiary/aromatic N) is 3. The van der Waals surface area contributed by atoms with Gasteiger partial charge in [-0.05, 0) is 11.6 Å². The number of aliphatic hydroxyl groups excluding tert-OH is 1. The molecule has 0 aliphatic rings. The molecule has 1 heterocycles. The number of aryl methyl sites for hydroxylation is 1. The Hall–Kier alpha value is -2.42. The van der Waals surface area contributed by atoms with Gasteiger partial charge >= 0.3 is 6.18 Å². The molecule has 112 valence electrons. The van der Waals surface area contributed by atoms with Crippen molar-refractivity contribution in [2.75, 3.05) is 0 Å². The summed E-state index contributed by atoms with van der Waals surface area (Å²) in [4.78, 5) is 13.4. The quantitative estimate of drug-likeness (QED) is 0.697. The zero-order valence-corrected chi connectivity index (χ0v) is 10.7. The third-order valence-electron chi connectivity index (χ3n) is 2.98. The molecule has 1 atom stereocenters. The lowest BCUT2D eigenvalue weighted by Gasteiger charge is -2.17. The van der Waals surface area contributed by atoms with Gasteiger partial charge in [0.2, 0.25) is 0 Å². The number of hydrogen-bond donors (Lipinski definition) is 1. The number of alkyl halides is 3. The molecule has 0 spiro atoms. The second-order valence-corrected chi connectivity index (χ2v) is 4.36. The largest absolute Gasteiger partial charge is 0.417 e. The molecule has 2 rings (SSSR count). The van der Waals surface area contributed by atoms with Crippen LogP contribution in [0.1, 0.15) is 22.9 Å². The van der Waals surface area contributed by atoms with E-state index >= 15 is 0 Å². The molecular weight excluding hydrogens is 291 g/mol. The molecule has 1 aromatic heterocycles. The van der Waals surface area contributed by atoms with Crippen molar-refractivity contribution in [1.82, 2.24) is 9.55 Å². The highest BCUT2D eigenvalue weighted by Crippen LogP contribution is 2.38. The number of nitro benzene ring substituents is 1. The number of benzene rings is 1. The van der Waals surface area contributed by atoms with Crippen molar-refractivity contribution in [3.63, 3.8) is 0 Å². The van der Waals surface area contributed by atoms with Gasteiger partial charge in [0, 0.05) is 19.2 Å². The van der Waals surface area contributed by atoms with Gasteiger partial charge in [0.05, 0.1) is 28.7 Å². The van der Waals surface area contributed by atoms with Crippen molar-refractivity contribution in [2.45, 2.75) is 12.3 Å². The fourth-order valence-corrected chi connectivity index (χ4v) is 1.93. The number of aliphatic hydroxyl groups is 1. The highest BCUT2D eigenvalue weighted by molar-refractivity contribution is 5.44. The fraction of sp³-hybridized carbons (Fsp3) is 0.250. The van der Waals surface area contributed by atoms with E-state index in [-0.39, 0.29) is 5.69 Å². The van der Waals surface area contributed by atoms with Gasteiger partial charge < -0.3 is 9.67 Å². The van der Waals surface area contributed by atoms with E-state index in [1.165, 1.54) is 24.1 Å². The van der Waals surface area contributed by atoms with Crippen molar-refractivity contribution >= 4 is 5.69 Å². The van der Waals surface area contributed by atoms with Gasteiger partial charge in [-0.25, -0.2) is 4.98 Å². The van der Waals surface area contributed by atoms with Crippen molar-refractivity contribution < 1.29 is 23.2 Å². The van der Waals surface area contributed by atoms with Gasteiger partial charge in [-0.2, -0.15) is 13.2 Å². The summed E-state index contributed by atoms with van der Waals surface area (Å²) >= 11 is 0. The number of rotatable bonds is 3. The van der Waals surface area contributed by atoms with Gasteiger partial charge in [-0.15, -0.1) is 0 Å². The molecule has 0 aliphatic heterocycles. The molecule has 0 bridgehead atoms. The molecule has 1 N–H and O–H groups in total. The molecule has 0 radical (unpaired) electrons. The van der Waals surface area contributed by atoms with Crippen LogP contribution in [0.4, 0.5) is 18.9 Å². The van der Waals surface area contributed by atoms with Crippen LogP contribution in [-0.4, -0.2) is 19.6 Å².